The van der Waals surface area contributed by atoms with E-state index in [1.807, 2.05) is 50.2 Å². The van der Waals surface area contributed by atoms with Crippen molar-refractivity contribution in [2.75, 3.05) is 5.75 Å². The van der Waals surface area contributed by atoms with Gasteiger partial charge in [0, 0.05) is 10.2 Å². The number of rotatable bonds is 6. The molecule has 1 amide bonds. The van der Waals surface area contributed by atoms with E-state index >= 15 is 0 Å². The van der Waals surface area contributed by atoms with Gasteiger partial charge in [0.1, 0.15) is 0 Å². The Morgan fingerprint density at radius 2 is 1.96 bits per heavy atom. The van der Waals surface area contributed by atoms with Gasteiger partial charge in [-0.25, -0.2) is 5.43 Å². The van der Waals surface area contributed by atoms with Crippen LogP contribution in [-0.2, 0) is 10.5 Å². The van der Waals surface area contributed by atoms with Gasteiger partial charge in [0.2, 0.25) is 5.91 Å². The second-order valence-corrected chi connectivity index (χ2v) is 7.12. The fourth-order valence-electron chi connectivity index (χ4n) is 1.93. The molecule has 0 aliphatic rings. The number of amides is 1. The van der Waals surface area contributed by atoms with E-state index < -0.39 is 0 Å². The summed E-state index contributed by atoms with van der Waals surface area (Å²) in [6.45, 7) is 3.93. The molecule has 0 heterocycles. The van der Waals surface area contributed by atoms with Crippen molar-refractivity contribution in [2.45, 2.75) is 19.6 Å². The van der Waals surface area contributed by atoms with Crippen molar-refractivity contribution in [3.63, 3.8) is 0 Å². The number of halogens is 1. The Bertz CT molecular complexity index is 698. The molecule has 2 rings (SSSR count). The topological polar surface area (TPSA) is 41.5 Å². The SMILES string of the molecule is C/C(=N/NC(=O)CSCc1cccc(Br)c1)c1ccc(C)cc1. The van der Waals surface area contributed by atoms with Crippen LogP contribution in [0.15, 0.2) is 58.1 Å². The molecule has 0 radical (unpaired) electrons. The molecule has 5 heteroatoms. The fourth-order valence-corrected chi connectivity index (χ4v) is 3.14. The number of thioether (sulfide) groups is 1. The standard InChI is InChI=1S/C18H19BrN2OS/c1-13-6-8-16(9-7-13)14(2)20-21-18(22)12-23-11-15-4-3-5-17(19)10-15/h3-10H,11-12H2,1-2H3,(H,21,22)/b20-14-. The zero-order chi connectivity index (χ0) is 16.7. The number of benzene rings is 2. The number of hydrogen-bond acceptors (Lipinski definition) is 3. The van der Waals surface area contributed by atoms with E-state index in [0.29, 0.717) is 5.75 Å². The average Bonchev–Trinajstić information content (AvgIpc) is 2.53. The summed E-state index contributed by atoms with van der Waals surface area (Å²) in [5, 5.41) is 4.16. The Labute approximate surface area is 149 Å². The first-order valence-electron chi connectivity index (χ1n) is 7.27. The van der Waals surface area contributed by atoms with Crippen LogP contribution in [0.25, 0.3) is 0 Å². The van der Waals surface area contributed by atoms with E-state index in [9.17, 15) is 4.79 Å². The molecule has 0 saturated carbocycles. The van der Waals surface area contributed by atoms with Crippen LogP contribution >= 0.6 is 27.7 Å². The van der Waals surface area contributed by atoms with E-state index in [1.54, 1.807) is 11.8 Å². The van der Waals surface area contributed by atoms with Crippen LogP contribution in [0.4, 0.5) is 0 Å². The highest BCUT2D eigenvalue weighted by Crippen LogP contribution is 2.16. The molecule has 0 aromatic heterocycles. The summed E-state index contributed by atoms with van der Waals surface area (Å²) < 4.78 is 1.05. The van der Waals surface area contributed by atoms with E-state index in [4.69, 9.17) is 0 Å². The van der Waals surface area contributed by atoms with Crippen LogP contribution in [-0.4, -0.2) is 17.4 Å². The molecule has 3 nitrogen and oxygen atoms in total. The zero-order valence-electron chi connectivity index (χ0n) is 13.2. The Balaban J connectivity index is 1.78. The van der Waals surface area contributed by atoms with Crippen molar-refractivity contribution in [3.8, 4) is 0 Å². The zero-order valence-corrected chi connectivity index (χ0v) is 15.6. The summed E-state index contributed by atoms with van der Waals surface area (Å²) in [5.74, 6) is 1.10. The van der Waals surface area contributed by atoms with E-state index in [-0.39, 0.29) is 5.91 Å². The van der Waals surface area contributed by atoms with Gasteiger partial charge < -0.3 is 0 Å². The maximum Gasteiger partial charge on any atom is 0.250 e. The summed E-state index contributed by atoms with van der Waals surface area (Å²) in [6, 6.07) is 16.2. The number of nitrogens with zero attached hydrogens (tertiary/aromatic N) is 1. The van der Waals surface area contributed by atoms with Gasteiger partial charge in [0.15, 0.2) is 0 Å². The highest BCUT2D eigenvalue weighted by atomic mass is 79.9. The van der Waals surface area contributed by atoms with Crippen LogP contribution < -0.4 is 5.43 Å². The van der Waals surface area contributed by atoms with Crippen LogP contribution in [0.5, 0.6) is 0 Å². The van der Waals surface area contributed by atoms with E-state index in [2.05, 4.69) is 38.6 Å². The van der Waals surface area contributed by atoms with Gasteiger partial charge in [-0.15, -0.1) is 11.8 Å². The number of carbonyl (C=O) groups is 1. The Morgan fingerprint density at radius 1 is 1.22 bits per heavy atom. The third kappa shape index (κ3) is 6.20. The van der Waals surface area contributed by atoms with Gasteiger partial charge >= 0.3 is 0 Å². The molecule has 0 atom stereocenters. The van der Waals surface area contributed by atoms with Gasteiger partial charge in [-0.2, -0.15) is 5.10 Å². The van der Waals surface area contributed by atoms with Crippen LogP contribution in [0, 0.1) is 6.92 Å². The lowest BCUT2D eigenvalue weighted by atomic mass is 10.1. The molecule has 0 aliphatic heterocycles. The molecule has 2 aromatic rings. The molecule has 0 unspecified atom stereocenters. The first kappa shape index (κ1) is 17.8. The van der Waals surface area contributed by atoms with E-state index in [0.717, 1.165) is 21.5 Å². The minimum absolute atomic E-state index is 0.0866. The van der Waals surface area contributed by atoms with Gasteiger partial charge in [0.25, 0.3) is 0 Å². The van der Waals surface area contributed by atoms with Crippen molar-refractivity contribution < 1.29 is 4.79 Å². The molecule has 23 heavy (non-hydrogen) atoms. The summed E-state index contributed by atoms with van der Waals surface area (Å²) in [5.41, 5.74) is 6.82. The third-order valence-corrected chi connectivity index (χ3v) is 4.71. The fraction of sp³-hybridized carbons (Fsp3) is 0.222. The monoisotopic (exact) mass is 390 g/mol. The number of nitrogens with one attached hydrogen (secondary N) is 1. The summed E-state index contributed by atoms with van der Waals surface area (Å²) in [7, 11) is 0. The van der Waals surface area contributed by atoms with Crippen LogP contribution in [0.1, 0.15) is 23.6 Å². The molecular weight excluding hydrogens is 372 g/mol. The molecule has 120 valence electrons. The number of aryl methyl sites for hydroxylation is 1. The lowest BCUT2D eigenvalue weighted by molar-refractivity contribution is -0.118. The summed E-state index contributed by atoms with van der Waals surface area (Å²) in [6.07, 6.45) is 0. The smallest absolute Gasteiger partial charge is 0.250 e. The lowest BCUT2D eigenvalue weighted by Gasteiger charge is -2.04. The molecule has 2 aromatic carbocycles. The van der Waals surface area contributed by atoms with Crippen molar-refractivity contribution in [1.29, 1.82) is 0 Å². The maximum atomic E-state index is 11.8. The second-order valence-electron chi connectivity index (χ2n) is 5.22. The quantitative estimate of drug-likeness (QED) is 0.581. The first-order valence-corrected chi connectivity index (χ1v) is 9.22. The normalized spacial score (nSPS) is 11.3. The second kappa shape index (κ2) is 8.89. The number of carbonyl (C=O) groups excluding carboxylic acids is 1. The minimum Gasteiger partial charge on any atom is -0.272 e. The Kier molecular flexibility index (Phi) is 6.86. The van der Waals surface area contributed by atoms with Gasteiger partial charge in [-0.3, -0.25) is 4.79 Å². The molecule has 0 saturated heterocycles. The van der Waals surface area contributed by atoms with Gasteiger partial charge in [0.05, 0.1) is 11.5 Å². The first-order chi connectivity index (χ1) is 11.0. The largest absolute Gasteiger partial charge is 0.272 e. The van der Waals surface area contributed by atoms with Crippen molar-refractivity contribution in [3.05, 3.63) is 69.7 Å². The maximum absolute atomic E-state index is 11.8. The van der Waals surface area contributed by atoms with Crippen molar-refractivity contribution in [1.82, 2.24) is 5.43 Å². The minimum atomic E-state index is -0.0866. The molecule has 0 aliphatic carbocycles. The number of hydrogen-bond donors (Lipinski definition) is 1. The molecule has 0 fully saturated rings. The van der Waals surface area contributed by atoms with Gasteiger partial charge in [-0.05, 0) is 37.1 Å². The highest BCUT2D eigenvalue weighted by molar-refractivity contribution is 9.10. The summed E-state index contributed by atoms with van der Waals surface area (Å²) in [4.78, 5) is 11.8. The molecule has 1 N–H and O–H groups in total. The number of hydrazone groups is 1. The third-order valence-electron chi connectivity index (χ3n) is 3.21. The highest BCUT2D eigenvalue weighted by Gasteiger charge is 2.03. The lowest BCUT2D eigenvalue weighted by Crippen LogP contribution is -2.21. The predicted octanol–water partition coefficient (Wildman–Crippen LogP) is 4.53. The van der Waals surface area contributed by atoms with E-state index in [1.165, 1.54) is 11.1 Å². The molecule has 0 bridgehead atoms. The van der Waals surface area contributed by atoms with Crippen LogP contribution in [0.3, 0.4) is 0 Å². The van der Waals surface area contributed by atoms with Crippen molar-refractivity contribution >= 4 is 39.3 Å². The summed E-state index contributed by atoms with van der Waals surface area (Å²) >= 11 is 5.01. The predicted molar refractivity (Wildman–Crippen MR) is 102 cm³/mol. The molecule has 0 spiro atoms. The van der Waals surface area contributed by atoms with Crippen molar-refractivity contribution in [2.24, 2.45) is 5.10 Å². The molecular formula is C18H19BrN2OS. The Hall–Kier alpha value is -1.59. The Morgan fingerprint density at radius 3 is 2.65 bits per heavy atom. The average molecular weight is 391 g/mol. The van der Waals surface area contributed by atoms with Crippen LogP contribution in [0.2, 0.25) is 0 Å². The van der Waals surface area contributed by atoms with Gasteiger partial charge in [-0.1, -0.05) is 57.9 Å².